The lowest BCUT2D eigenvalue weighted by molar-refractivity contribution is 0.738. The van der Waals surface area contributed by atoms with Gasteiger partial charge in [-0.05, 0) is 18.9 Å². The number of rotatable bonds is 9. The number of anilines is 2. The van der Waals surface area contributed by atoms with Gasteiger partial charge in [-0.25, -0.2) is 4.98 Å². The molecule has 0 aliphatic heterocycles. The molecule has 0 aromatic carbocycles. The minimum atomic E-state index is 0.743. The monoisotopic (exact) mass is 250 g/mol. The van der Waals surface area contributed by atoms with Crippen LogP contribution >= 0.6 is 0 Å². The van der Waals surface area contributed by atoms with Crippen molar-refractivity contribution >= 4 is 11.8 Å². The van der Waals surface area contributed by atoms with Crippen LogP contribution in [0.1, 0.15) is 46.0 Å². The summed E-state index contributed by atoms with van der Waals surface area (Å²) in [6.45, 7) is 6.41. The molecule has 1 rings (SSSR count). The molecule has 0 fully saturated rings. The average molecular weight is 250 g/mol. The lowest BCUT2D eigenvalue weighted by atomic mass is 10.2. The van der Waals surface area contributed by atoms with Gasteiger partial charge in [0.1, 0.15) is 5.82 Å². The van der Waals surface area contributed by atoms with Gasteiger partial charge in [-0.2, -0.15) is 4.98 Å². The van der Waals surface area contributed by atoms with Crippen molar-refractivity contribution in [1.29, 1.82) is 0 Å². The highest BCUT2D eigenvalue weighted by molar-refractivity contribution is 5.41. The third-order valence-electron chi connectivity index (χ3n) is 2.94. The molecule has 4 heteroatoms. The molecular weight excluding hydrogens is 224 g/mol. The number of nitrogens with zero attached hydrogens (tertiary/aromatic N) is 3. The van der Waals surface area contributed by atoms with Crippen LogP contribution in [0.3, 0.4) is 0 Å². The van der Waals surface area contributed by atoms with Gasteiger partial charge in [-0.15, -0.1) is 0 Å². The van der Waals surface area contributed by atoms with Gasteiger partial charge in [0.2, 0.25) is 5.95 Å². The zero-order valence-electron chi connectivity index (χ0n) is 11.9. The minimum absolute atomic E-state index is 0.743. The maximum Gasteiger partial charge on any atom is 0.224 e. The van der Waals surface area contributed by atoms with E-state index in [1.54, 1.807) is 0 Å². The van der Waals surface area contributed by atoms with E-state index in [2.05, 4.69) is 41.1 Å². The molecule has 1 aromatic heterocycles. The van der Waals surface area contributed by atoms with Crippen molar-refractivity contribution in [2.24, 2.45) is 0 Å². The highest BCUT2D eigenvalue weighted by atomic mass is 15.2. The molecule has 0 bridgehead atoms. The molecule has 0 aliphatic rings. The van der Waals surface area contributed by atoms with Crippen LogP contribution in [0.2, 0.25) is 0 Å². The molecule has 0 spiro atoms. The molecule has 0 atom stereocenters. The summed E-state index contributed by atoms with van der Waals surface area (Å²) < 4.78 is 0. The van der Waals surface area contributed by atoms with E-state index in [0.29, 0.717) is 0 Å². The van der Waals surface area contributed by atoms with Gasteiger partial charge < -0.3 is 10.2 Å². The minimum Gasteiger partial charge on any atom is -0.360 e. The fourth-order valence-electron chi connectivity index (χ4n) is 1.73. The number of unbranched alkanes of at least 4 members (excludes halogenated alkanes) is 3. The summed E-state index contributed by atoms with van der Waals surface area (Å²) in [4.78, 5) is 11.0. The predicted molar refractivity (Wildman–Crippen MR) is 78.2 cm³/mol. The standard InChI is InChI=1S/C14H26N4/c1-4-6-8-10-15-14-16-11-9-13(17-14)18(3)12-7-5-2/h9,11H,4-8,10,12H2,1-3H3,(H,15,16,17). The Morgan fingerprint density at radius 2 is 1.94 bits per heavy atom. The highest BCUT2D eigenvalue weighted by Crippen LogP contribution is 2.11. The van der Waals surface area contributed by atoms with E-state index < -0.39 is 0 Å². The van der Waals surface area contributed by atoms with Gasteiger partial charge in [0, 0.05) is 26.3 Å². The second kappa shape index (κ2) is 8.72. The second-order valence-corrected chi connectivity index (χ2v) is 4.65. The normalized spacial score (nSPS) is 10.4. The summed E-state index contributed by atoms with van der Waals surface area (Å²) in [5, 5.41) is 3.28. The van der Waals surface area contributed by atoms with Crippen LogP contribution in [0.4, 0.5) is 11.8 Å². The summed E-state index contributed by atoms with van der Waals surface area (Å²) in [5.41, 5.74) is 0. The maximum absolute atomic E-state index is 4.53. The molecule has 0 amide bonds. The Morgan fingerprint density at radius 1 is 1.17 bits per heavy atom. The van der Waals surface area contributed by atoms with Crippen LogP contribution in [0.25, 0.3) is 0 Å². The summed E-state index contributed by atoms with van der Waals surface area (Å²) in [6, 6.07) is 1.97. The van der Waals surface area contributed by atoms with Crippen molar-refractivity contribution < 1.29 is 0 Å². The Bertz CT molecular complexity index is 327. The average Bonchev–Trinajstić information content (AvgIpc) is 2.41. The molecule has 0 unspecified atom stereocenters. The number of aromatic nitrogens is 2. The van der Waals surface area contributed by atoms with Crippen molar-refractivity contribution in [3.05, 3.63) is 12.3 Å². The first-order valence-electron chi connectivity index (χ1n) is 7.06. The highest BCUT2D eigenvalue weighted by Gasteiger charge is 2.03. The molecule has 102 valence electrons. The van der Waals surface area contributed by atoms with E-state index in [1.807, 2.05) is 12.3 Å². The first-order chi connectivity index (χ1) is 8.77. The van der Waals surface area contributed by atoms with Crippen LogP contribution in [0.15, 0.2) is 12.3 Å². The quantitative estimate of drug-likeness (QED) is 0.683. The van der Waals surface area contributed by atoms with E-state index in [0.717, 1.165) is 24.9 Å². The lowest BCUT2D eigenvalue weighted by Gasteiger charge is -2.18. The fraction of sp³-hybridized carbons (Fsp3) is 0.714. The summed E-state index contributed by atoms with van der Waals surface area (Å²) in [6.07, 6.45) is 7.89. The molecule has 18 heavy (non-hydrogen) atoms. The smallest absolute Gasteiger partial charge is 0.224 e. The van der Waals surface area contributed by atoms with E-state index in [1.165, 1.54) is 32.1 Å². The summed E-state index contributed by atoms with van der Waals surface area (Å²) in [7, 11) is 2.08. The Morgan fingerprint density at radius 3 is 2.67 bits per heavy atom. The molecular formula is C14H26N4. The predicted octanol–water partition coefficient (Wildman–Crippen LogP) is 3.32. The van der Waals surface area contributed by atoms with Crippen molar-refractivity contribution in [2.75, 3.05) is 30.4 Å². The summed E-state index contributed by atoms with van der Waals surface area (Å²) in [5.74, 6) is 1.74. The van der Waals surface area contributed by atoms with Crippen LogP contribution in [-0.4, -0.2) is 30.1 Å². The zero-order valence-corrected chi connectivity index (χ0v) is 11.9. The molecule has 0 saturated carbocycles. The molecule has 1 N–H and O–H groups in total. The van der Waals surface area contributed by atoms with Gasteiger partial charge in [-0.1, -0.05) is 33.1 Å². The molecule has 0 saturated heterocycles. The van der Waals surface area contributed by atoms with E-state index in [-0.39, 0.29) is 0 Å². The fourth-order valence-corrected chi connectivity index (χ4v) is 1.73. The van der Waals surface area contributed by atoms with Gasteiger partial charge >= 0.3 is 0 Å². The van der Waals surface area contributed by atoms with Crippen molar-refractivity contribution in [2.45, 2.75) is 46.0 Å². The van der Waals surface area contributed by atoms with Gasteiger partial charge in [0.05, 0.1) is 0 Å². The van der Waals surface area contributed by atoms with Gasteiger partial charge in [-0.3, -0.25) is 0 Å². The van der Waals surface area contributed by atoms with Crippen LogP contribution in [0, 0.1) is 0 Å². The number of nitrogens with one attached hydrogen (secondary N) is 1. The second-order valence-electron chi connectivity index (χ2n) is 4.65. The lowest BCUT2D eigenvalue weighted by Crippen LogP contribution is -2.20. The molecule has 0 aliphatic carbocycles. The first kappa shape index (κ1) is 14.7. The Labute approximate surface area is 111 Å². The topological polar surface area (TPSA) is 41.1 Å². The number of hydrogen-bond acceptors (Lipinski definition) is 4. The van der Waals surface area contributed by atoms with Crippen LogP contribution in [-0.2, 0) is 0 Å². The zero-order chi connectivity index (χ0) is 13.2. The van der Waals surface area contributed by atoms with Crippen LogP contribution in [0.5, 0.6) is 0 Å². The maximum atomic E-state index is 4.53. The molecule has 0 radical (unpaired) electrons. The van der Waals surface area contributed by atoms with E-state index >= 15 is 0 Å². The van der Waals surface area contributed by atoms with Gasteiger partial charge in [0.15, 0.2) is 0 Å². The first-order valence-corrected chi connectivity index (χ1v) is 7.06. The molecule has 1 aromatic rings. The molecule has 4 nitrogen and oxygen atoms in total. The van der Waals surface area contributed by atoms with E-state index in [4.69, 9.17) is 0 Å². The Hall–Kier alpha value is -1.32. The van der Waals surface area contributed by atoms with Crippen molar-refractivity contribution in [3.8, 4) is 0 Å². The van der Waals surface area contributed by atoms with Crippen molar-refractivity contribution in [3.63, 3.8) is 0 Å². The Balaban J connectivity index is 2.45. The van der Waals surface area contributed by atoms with Gasteiger partial charge in [0.25, 0.3) is 0 Å². The summed E-state index contributed by atoms with van der Waals surface area (Å²) >= 11 is 0. The third-order valence-corrected chi connectivity index (χ3v) is 2.94. The van der Waals surface area contributed by atoms with Crippen molar-refractivity contribution in [1.82, 2.24) is 9.97 Å². The van der Waals surface area contributed by atoms with Crippen LogP contribution < -0.4 is 10.2 Å². The third kappa shape index (κ3) is 5.34. The largest absolute Gasteiger partial charge is 0.360 e. The number of hydrogen-bond donors (Lipinski definition) is 1. The molecule has 1 heterocycles. The Kier molecular flexibility index (Phi) is 7.14. The SMILES string of the molecule is CCCCCNc1nccc(N(C)CCCC)n1. The van der Waals surface area contributed by atoms with E-state index in [9.17, 15) is 0 Å².